The predicted molar refractivity (Wildman–Crippen MR) is 75.7 cm³/mol. The highest BCUT2D eigenvalue weighted by Gasteiger charge is 2.34. The van der Waals surface area contributed by atoms with E-state index in [1.165, 1.54) is 69.7 Å². The lowest BCUT2D eigenvalue weighted by Gasteiger charge is -2.34. The van der Waals surface area contributed by atoms with Crippen LogP contribution in [0.1, 0.15) is 38.5 Å². The number of nitrogens with one attached hydrogen (secondary N) is 1. The van der Waals surface area contributed by atoms with E-state index >= 15 is 0 Å². The fourth-order valence-corrected chi connectivity index (χ4v) is 4.91. The quantitative estimate of drug-likeness (QED) is 0.832. The predicted octanol–water partition coefficient (Wildman–Crippen LogP) is 2.35. The van der Waals surface area contributed by atoms with Gasteiger partial charge in [-0.15, -0.1) is 0 Å². The largest absolute Gasteiger partial charge is 0.311 e. The van der Waals surface area contributed by atoms with Gasteiger partial charge in [-0.1, -0.05) is 12.8 Å². The van der Waals surface area contributed by atoms with Crippen molar-refractivity contribution in [2.24, 2.45) is 5.92 Å². The molecule has 0 radical (unpaired) electrons. The summed E-state index contributed by atoms with van der Waals surface area (Å²) >= 11 is 2.13. The van der Waals surface area contributed by atoms with Crippen LogP contribution in [0.4, 0.5) is 0 Å². The number of nitrogens with zero attached hydrogens (tertiary/aromatic N) is 1. The molecule has 3 fully saturated rings. The lowest BCUT2D eigenvalue weighted by molar-refractivity contribution is 0.177. The van der Waals surface area contributed by atoms with Gasteiger partial charge < -0.3 is 5.32 Å². The van der Waals surface area contributed by atoms with Gasteiger partial charge in [0.05, 0.1) is 0 Å². The van der Waals surface area contributed by atoms with E-state index in [9.17, 15) is 0 Å². The van der Waals surface area contributed by atoms with E-state index in [2.05, 4.69) is 22.0 Å². The second kappa shape index (κ2) is 5.94. The maximum Gasteiger partial charge on any atom is 0.0286 e. The van der Waals surface area contributed by atoms with Gasteiger partial charge in [-0.05, 0) is 38.1 Å². The van der Waals surface area contributed by atoms with E-state index in [4.69, 9.17) is 0 Å². The molecule has 2 aliphatic heterocycles. The molecule has 0 spiro atoms. The minimum atomic E-state index is 0.760. The molecule has 3 heteroatoms. The number of rotatable bonds is 3. The summed E-state index contributed by atoms with van der Waals surface area (Å²) in [5.41, 5.74) is 0. The Balaban J connectivity index is 1.53. The van der Waals surface area contributed by atoms with Crippen LogP contribution in [-0.2, 0) is 0 Å². The Morgan fingerprint density at radius 2 is 2.00 bits per heavy atom. The van der Waals surface area contributed by atoms with Gasteiger partial charge in [0.2, 0.25) is 0 Å². The van der Waals surface area contributed by atoms with Crippen molar-refractivity contribution in [1.29, 1.82) is 0 Å². The molecule has 0 bridgehead atoms. The Morgan fingerprint density at radius 1 is 1.12 bits per heavy atom. The van der Waals surface area contributed by atoms with E-state index in [0.29, 0.717) is 0 Å². The Kier molecular flexibility index (Phi) is 4.30. The molecular weight excluding hydrogens is 228 g/mol. The summed E-state index contributed by atoms with van der Waals surface area (Å²) in [5, 5.41) is 3.69. The zero-order valence-corrected chi connectivity index (χ0v) is 11.7. The Morgan fingerprint density at radius 3 is 2.76 bits per heavy atom. The van der Waals surface area contributed by atoms with Crippen LogP contribution in [0.25, 0.3) is 0 Å². The molecule has 2 heterocycles. The lowest BCUT2D eigenvalue weighted by Crippen LogP contribution is -2.48. The van der Waals surface area contributed by atoms with Gasteiger partial charge in [-0.25, -0.2) is 0 Å². The molecule has 3 rings (SSSR count). The Labute approximate surface area is 110 Å². The molecule has 0 aromatic heterocycles. The van der Waals surface area contributed by atoms with Crippen LogP contribution in [0.2, 0.25) is 0 Å². The zero-order valence-electron chi connectivity index (χ0n) is 10.9. The van der Waals surface area contributed by atoms with Crippen molar-refractivity contribution >= 4 is 11.8 Å². The molecule has 2 unspecified atom stereocenters. The van der Waals surface area contributed by atoms with Gasteiger partial charge >= 0.3 is 0 Å². The first-order chi connectivity index (χ1) is 8.43. The van der Waals surface area contributed by atoms with E-state index in [-0.39, 0.29) is 0 Å². The molecule has 0 aromatic carbocycles. The molecule has 2 atom stereocenters. The average Bonchev–Trinajstić information content (AvgIpc) is 3.00. The van der Waals surface area contributed by atoms with E-state index in [1.54, 1.807) is 0 Å². The van der Waals surface area contributed by atoms with Crippen LogP contribution in [-0.4, -0.2) is 48.1 Å². The Hall–Kier alpha value is 0.270. The number of likely N-dealkylation sites (tertiary alicyclic amines) is 1. The highest BCUT2D eigenvalue weighted by molar-refractivity contribution is 7.99. The van der Waals surface area contributed by atoms with E-state index in [1.807, 2.05) is 0 Å². The van der Waals surface area contributed by atoms with Crippen molar-refractivity contribution < 1.29 is 0 Å². The third-order valence-electron chi connectivity index (χ3n) is 4.81. The summed E-state index contributed by atoms with van der Waals surface area (Å²) < 4.78 is 0. The third kappa shape index (κ3) is 2.99. The molecule has 1 aliphatic carbocycles. The van der Waals surface area contributed by atoms with Crippen molar-refractivity contribution in [2.75, 3.05) is 31.1 Å². The highest BCUT2D eigenvalue weighted by Crippen LogP contribution is 2.35. The third-order valence-corrected chi connectivity index (χ3v) is 5.94. The van der Waals surface area contributed by atoms with Crippen LogP contribution in [0.15, 0.2) is 0 Å². The van der Waals surface area contributed by atoms with Gasteiger partial charge in [0.25, 0.3) is 0 Å². The second-order valence-corrected chi connectivity index (χ2v) is 7.12. The van der Waals surface area contributed by atoms with Gasteiger partial charge in [0.1, 0.15) is 0 Å². The SMILES string of the molecule is C1CCC(C2CCCN2CC2CSCCN2)C1. The second-order valence-electron chi connectivity index (χ2n) is 5.98. The first-order valence-corrected chi connectivity index (χ1v) is 8.64. The van der Waals surface area contributed by atoms with Crippen molar-refractivity contribution in [3.63, 3.8) is 0 Å². The number of thioether (sulfide) groups is 1. The molecule has 2 nitrogen and oxygen atoms in total. The zero-order chi connectivity index (χ0) is 11.5. The maximum absolute atomic E-state index is 3.69. The summed E-state index contributed by atoms with van der Waals surface area (Å²) in [6.45, 7) is 3.90. The van der Waals surface area contributed by atoms with Crippen molar-refractivity contribution in [2.45, 2.75) is 50.6 Å². The van der Waals surface area contributed by atoms with E-state index < -0.39 is 0 Å². The summed E-state index contributed by atoms with van der Waals surface area (Å²) in [6, 6.07) is 1.70. The van der Waals surface area contributed by atoms with Gasteiger partial charge in [-0.3, -0.25) is 4.90 Å². The van der Waals surface area contributed by atoms with Crippen molar-refractivity contribution in [3.05, 3.63) is 0 Å². The molecule has 1 saturated carbocycles. The topological polar surface area (TPSA) is 15.3 Å². The van der Waals surface area contributed by atoms with Crippen LogP contribution in [0, 0.1) is 5.92 Å². The molecule has 0 aromatic rings. The average molecular weight is 254 g/mol. The standard InChI is InChI=1S/C14H26N2S/c1-2-5-12(4-1)14-6-3-8-16(14)10-13-11-17-9-7-15-13/h12-15H,1-11H2. The molecule has 17 heavy (non-hydrogen) atoms. The summed E-state index contributed by atoms with van der Waals surface area (Å²) in [5.74, 6) is 3.67. The minimum absolute atomic E-state index is 0.760. The molecule has 1 N–H and O–H groups in total. The summed E-state index contributed by atoms with van der Waals surface area (Å²) in [7, 11) is 0. The fourth-order valence-electron chi connectivity index (χ4n) is 3.97. The molecular formula is C14H26N2S. The molecule has 2 saturated heterocycles. The maximum atomic E-state index is 3.69. The normalized spacial score (nSPS) is 36.7. The van der Waals surface area contributed by atoms with E-state index in [0.717, 1.165) is 18.0 Å². The number of hydrogen-bond acceptors (Lipinski definition) is 3. The highest BCUT2D eigenvalue weighted by atomic mass is 32.2. The molecule has 98 valence electrons. The van der Waals surface area contributed by atoms with Gasteiger partial charge in [-0.2, -0.15) is 11.8 Å². The molecule has 3 aliphatic rings. The van der Waals surface area contributed by atoms with Crippen LogP contribution < -0.4 is 5.32 Å². The lowest BCUT2D eigenvalue weighted by atomic mass is 9.96. The van der Waals surface area contributed by atoms with Crippen LogP contribution in [0.5, 0.6) is 0 Å². The Bertz CT molecular complexity index is 234. The van der Waals surface area contributed by atoms with Crippen LogP contribution in [0.3, 0.4) is 0 Å². The first-order valence-electron chi connectivity index (χ1n) is 7.48. The smallest absolute Gasteiger partial charge is 0.0286 e. The van der Waals surface area contributed by atoms with Crippen molar-refractivity contribution in [1.82, 2.24) is 10.2 Å². The first kappa shape index (κ1) is 12.3. The van der Waals surface area contributed by atoms with Gasteiger partial charge in [0.15, 0.2) is 0 Å². The van der Waals surface area contributed by atoms with Crippen LogP contribution >= 0.6 is 11.8 Å². The number of hydrogen-bond donors (Lipinski definition) is 1. The van der Waals surface area contributed by atoms with Crippen molar-refractivity contribution in [3.8, 4) is 0 Å². The summed E-state index contributed by atoms with van der Waals surface area (Å²) in [6.07, 6.45) is 8.92. The fraction of sp³-hybridized carbons (Fsp3) is 1.00. The summed E-state index contributed by atoms with van der Waals surface area (Å²) in [4.78, 5) is 2.82. The monoisotopic (exact) mass is 254 g/mol. The molecule has 0 amide bonds. The minimum Gasteiger partial charge on any atom is -0.311 e. The van der Waals surface area contributed by atoms with Gasteiger partial charge in [0, 0.05) is 36.7 Å².